The molecule has 1 heterocycles. The van der Waals surface area contributed by atoms with Gasteiger partial charge in [0.15, 0.2) is 0 Å². The molecule has 14 heteroatoms. The second kappa shape index (κ2) is 12.4. The highest BCUT2D eigenvalue weighted by Gasteiger charge is 2.65. The molecule has 0 bridgehead atoms. The van der Waals surface area contributed by atoms with E-state index in [4.69, 9.17) is 4.74 Å². The standard InChI is InChI=1S/C26H42F3N4O6P/c1-5-17-15-25(17,40(37,38)14-12-30-16-26(27,28)29)32-21(34)19-11-8-13-33(19)22(35)20(24(2,3)4)31-23(36)39-18-9-6-7-10-18/h5,17-20,30H,1,6-16H2,2-4H3,(H,31,36)(H,32,34)(H,37,38)/t17-,19+,20-,25+/m1/s1. The van der Waals surface area contributed by atoms with Crippen LogP contribution in [-0.4, -0.2) is 83.1 Å². The number of nitrogens with one attached hydrogen (secondary N) is 3. The maximum atomic E-state index is 13.7. The normalized spacial score (nSPS) is 27.5. The van der Waals surface area contributed by atoms with Crippen molar-refractivity contribution in [1.29, 1.82) is 0 Å². The molecule has 0 spiro atoms. The molecule has 3 fully saturated rings. The van der Waals surface area contributed by atoms with Gasteiger partial charge in [0.2, 0.25) is 19.2 Å². The fourth-order valence-electron chi connectivity index (χ4n) is 5.57. The second-order valence-corrected chi connectivity index (χ2v) is 14.8. The summed E-state index contributed by atoms with van der Waals surface area (Å²) in [6, 6.07) is -1.91. The molecule has 3 rings (SSSR count). The van der Waals surface area contributed by atoms with Gasteiger partial charge in [-0.05, 0) is 50.4 Å². The van der Waals surface area contributed by atoms with Crippen molar-refractivity contribution in [3.8, 4) is 0 Å². The molecule has 0 aromatic rings. The van der Waals surface area contributed by atoms with Gasteiger partial charge < -0.3 is 30.5 Å². The third kappa shape index (κ3) is 7.79. The molecule has 2 saturated carbocycles. The Morgan fingerprint density at radius 3 is 2.38 bits per heavy atom. The number of nitrogens with zero attached hydrogens (tertiary/aromatic N) is 1. The van der Waals surface area contributed by atoms with Crippen LogP contribution in [0.4, 0.5) is 18.0 Å². The SMILES string of the molecule is C=C[C@@H]1C[C@]1(NC(=O)[C@@H]1CCCN1C(=O)[C@@H](NC(=O)OC1CCCC1)C(C)(C)C)P(=O)(O)CCNCC(F)(F)F. The molecule has 4 N–H and O–H groups in total. The van der Waals surface area contributed by atoms with Crippen LogP contribution >= 0.6 is 7.37 Å². The molecule has 2 aliphatic carbocycles. The molecular formula is C26H42F3N4O6P. The molecule has 1 aliphatic heterocycles. The monoisotopic (exact) mass is 594 g/mol. The van der Waals surface area contributed by atoms with E-state index in [1.807, 2.05) is 0 Å². The van der Waals surface area contributed by atoms with Gasteiger partial charge in [-0.2, -0.15) is 13.2 Å². The third-order valence-electron chi connectivity index (χ3n) is 7.94. The molecule has 0 radical (unpaired) electrons. The summed E-state index contributed by atoms with van der Waals surface area (Å²) < 4.78 is 56.1. The van der Waals surface area contributed by atoms with Crippen LogP contribution < -0.4 is 16.0 Å². The summed E-state index contributed by atoms with van der Waals surface area (Å²) in [6.07, 6.45) is 0.0912. The molecule has 1 saturated heterocycles. The number of ether oxygens (including phenoxy) is 1. The Morgan fingerprint density at radius 1 is 1.18 bits per heavy atom. The third-order valence-corrected chi connectivity index (χ3v) is 10.6. The van der Waals surface area contributed by atoms with E-state index < -0.39 is 72.9 Å². The highest BCUT2D eigenvalue weighted by atomic mass is 31.2. The maximum Gasteiger partial charge on any atom is 0.408 e. The average Bonchev–Trinajstić information content (AvgIpc) is 3.17. The fraction of sp³-hybridized carbons (Fsp3) is 0.808. The maximum absolute atomic E-state index is 13.7. The van der Waals surface area contributed by atoms with Gasteiger partial charge in [-0.15, -0.1) is 6.58 Å². The van der Waals surface area contributed by atoms with Crippen molar-refractivity contribution in [2.75, 3.05) is 25.8 Å². The Bertz CT molecular complexity index is 1010. The smallest absolute Gasteiger partial charge is 0.408 e. The van der Waals surface area contributed by atoms with Gasteiger partial charge in [-0.1, -0.05) is 26.8 Å². The first-order valence-corrected chi connectivity index (χ1v) is 15.7. The first-order valence-electron chi connectivity index (χ1n) is 13.8. The van der Waals surface area contributed by atoms with Crippen LogP contribution in [-0.2, 0) is 18.9 Å². The van der Waals surface area contributed by atoms with Crippen molar-refractivity contribution in [2.45, 2.75) is 95.4 Å². The summed E-state index contributed by atoms with van der Waals surface area (Å²) in [6.45, 7) is 7.63. The van der Waals surface area contributed by atoms with Crippen molar-refractivity contribution in [3.63, 3.8) is 0 Å². The van der Waals surface area contributed by atoms with Crippen molar-refractivity contribution < 1.29 is 41.8 Å². The van der Waals surface area contributed by atoms with E-state index in [9.17, 15) is 37.0 Å². The largest absolute Gasteiger partial charge is 0.446 e. The van der Waals surface area contributed by atoms with E-state index >= 15 is 0 Å². The van der Waals surface area contributed by atoms with E-state index in [0.717, 1.165) is 25.7 Å². The first kappa shape index (κ1) is 32.4. The summed E-state index contributed by atoms with van der Waals surface area (Å²) in [5.41, 5.74) is -0.703. The topological polar surface area (TPSA) is 137 Å². The van der Waals surface area contributed by atoms with E-state index in [2.05, 4.69) is 22.5 Å². The van der Waals surface area contributed by atoms with Gasteiger partial charge in [-0.25, -0.2) is 4.79 Å². The molecule has 10 nitrogen and oxygen atoms in total. The number of hydrogen-bond donors (Lipinski definition) is 4. The molecule has 1 unspecified atom stereocenters. The number of likely N-dealkylation sites (tertiary alicyclic amines) is 1. The van der Waals surface area contributed by atoms with Crippen LogP contribution in [0, 0.1) is 11.3 Å². The predicted octanol–water partition coefficient (Wildman–Crippen LogP) is 3.50. The minimum absolute atomic E-state index is 0.120. The lowest BCUT2D eigenvalue weighted by atomic mass is 9.85. The van der Waals surface area contributed by atoms with Gasteiger partial charge in [0.05, 0.1) is 6.54 Å². The number of rotatable bonds is 11. The first-order chi connectivity index (χ1) is 18.5. The minimum Gasteiger partial charge on any atom is -0.446 e. The number of alkyl halides is 3. The lowest BCUT2D eigenvalue weighted by molar-refractivity contribution is -0.142. The Labute approximate surface area is 233 Å². The number of halogens is 3. The molecule has 40 heavy (non-hydrogen) atoms. The minimum atomic E-state index is -4.46. The van der Waals surface area contributed by atoms with E-state index in [1.54, 1.807) is 20.8 Å². The van der Waals surface area contributed by atoms with Crippen molar-refractivity contribution >= 4 is 25.3 Å². The number of carbonyl (C=O) groups excluding carboxylic acids is 3. The van der Waals surface area contributed by atoms with Gasteiger partial charge in [0.25, 0.3) is 0 Å². The van der Waals surface area contributed by atoms with Gasteiger partial charge in [-0.3, -0.25) is 14.2 Å². The fourth-order valence-corrected chi connectivity index (χ4v) is 7.82. The highest BCUT2D eigenvalue weighted by Crippen LogP contribution is 2.69. The van der Waals surface area contributed by atoms with E-state index in [-0.39, 0.29) is 25.6 Å². The quantitative estimate of drug-likeness (QED) is 0.163. The molecule has 5 atom stereocenters. The number of alkyl carbamates (subject to hydrolysis) is 1. The second-order valence-electron chi connectivity index (χ2n) is 12.1. The summed E-state index contributed by atoms with van der Waals surface area (Å²) in [5, 5.41) is 5.94. The predicted molar refractivity (Wildman–Crippen MR) is 143 cm³/mol. The number of carbonyl (C=O) groups is 3. The molecule has 3 amide bonds. The Kier molecular flexibility index (Phi) is 10.1. The van der Waals surface area contributed by atoms with Crippen molar-refractivity contribution in [3.05, 3.63) is 12.7 Å². The van der Waals surface area contributed by atoms with Crippen LogP contribution in [0.25, 0.3) is 0 Å². The zero-order valence-corrected chi connectivity index (χ0v) is 24.3. The summed E-state index contributed by atoms with van der Waals surface area (Å²) in [5.74, 6) is -1.61. The zero-order chi connectivity index (χ0) is 29.9. The molecule has 0 aromatic heterocycles. The van der Waals surface area contributed by atoms with Crippen LogP contribution in [0.15, 0.2) is 12.7 Å². The van der Waals surface area contributed by atoms with Crippen molar-refractivity contribution in [1.82, 2.24) is 20.9 Å². The average molecular weight is 595 g/mol. The zero-order valence-electron chi connectivity index (χ0n) is 23.4. The van der Waals surface area contributed by atoms with Gasteiger partial charge >= 0.3 is 12.3 Å². The van der Waals surface area contributed by atoms with Crippen LogP contribution in [0.3, 0.4) is 0 Å². The Hall–Kier alpha value is -2.11. The van der Waals surface area contributed by atoms with Crippen LogP contribution in [0.2, 0.25) is 0 Å². The highest BCUT2D eigenvalue weighted by molar-refractivity contribution is 7.60. The van der Waals surface area contributed by atoms with Gasteiger partial charge in [0, 0.05) is 25.2 Å². The molecule has 3 aliphatic rings. The Morgan fingerprint density at radius 2 is 1.82 bits per heavy atom. The van der Waals surface area contributed by atoms with Crippen LogP contribution in [0.1, 0.15) is 65.7 Å². The molecular weight excluding hydrogens is 552 g/mol. The van der Waals surface area contributed by atoms with Gasteiger partial charge in [0.1, 0.15) is 23.5 Å². The summed E-state index contributed by atoms with van der Waals surface area (Å²) in [4.78, 5) is 52.0. The number of amides is 3. The van der Waals surface area contributed by atoms with Crippen LogP contribution in [0.5, 0.6) is 0 Å². The molecule has 0 aromatic carbocycles. The molecule has 228 valence electrons. The lowest BCUT2D eigenvalue weighted by Crippen LogP contribution is -2.58. The lowest BCUT2D eigenvalue weighted by Gasteiger charge is -2.36. The van der Waals surface area contributed by atoms with E-state index in [1.165, 1.54) is 11.0 Å². The Balaban J connectivity index is 1.69. The van der Waals surface area contributed by atoms with E-state index in [0.29, 0.717) is 12.8 Å². The van der Waals surface area contributed by atoms with Crippen molar-refractivity contribution in [2.24, 2.45) is 11.3 Å². The summed E-state index contributed by atoms with van der Waals surface area (Å²) >= 11 is 0. The summed E-state index contributed by atoms with van der Waals surface area (Å²) in [7, 11) is -4.17. The number of hydrogen-bond acceptors (Lipinski definition) is 6.